The van der Waals surface area contributed by atoms with Crippen LogP contribution in [0.5, 0.6) is 0 Å². The van der Waals surface area contributed by atoms with Crippen LogP contribution >= 0.6 is 23.2 Å². The van der Waals surface area contributed by atoms with Gasteiger partial charge in [-0.1, -0.05) is 23.2 Å². The highest BCUT2D eigenvalue weighted by molar-refractivity contribution is 6.35. The van der Waals surface area contributed by atoms with Gasteiger partial charge in [-0.05, 0) is 45.9 Å². The quantitative estimate of drug-likeness (QED) is 0.779. The summed E-state index contributed by atoms with van der Waals surface area (Å²) in [7, 11) is 0. The number of aryl methyl sites for hydroxylation is 1. The zero-order chi connectivity index (χ0) is 19.6. The maximum atomic E-state index is 12.3. The van der Waals surface area contributed by atoms with Gasteiger partial charge in [0.2, 0.25) is 5.91 Å². The number of carboxylic acids is 1. The SMILES string of the molecule is Cc1nn(-c2ccc(Cl)cc2Cl)c(C)c1CC(=O)NCC(C)(C)C(=O)O. The van der Waals surface area contributed by atoms with E-state index in [0.29, 0.717) is 21.4 Å². The molecule has 0 saturated carbocycles. The van der Waals surface area contributed by atoms with E-state index in [-0.39, 0.29) is 18.9 Å². The summed E-state index contributed by atoms with van der Waals surface area (Å²) in [5, 5.41) is 17.3. The third kappa shape index (κ3) is 4.37. The Balaban J connectivity index is 2.20. The highest BCUT2D eigenvalue weighted by atomic mass is 35.5. The standard InChI is InChI=1S/C18H21Cl2N3O3/c1-10-13(8-16(24)21-9-18(3,4)17(25)26)11(2)23(22-10)15-6-5-12(19)7-14(15)20/h5-7H,8-9H2,1-4H3,(H,21,24)(H,25,26). The van der Waals surface area contributed by atoms with Gasteiger partial charge in [-0.25, -0.2) is 4.68 Å². The van der Waals surface area contributed by atoms with Crippen molar-refractivity contribution in [3.63, 3.8) is 0 Å². The molecule has 26 heavy (non-hydrogen) atoms. The normalized spacial score (nSPS) is 11.5. The van der Waals surface area contributed by atoms with Gasteiger partial charge in [0.05, 0.1) is 28.2 Å². The molecule has 8 heteroatoms. The Kier molecular flexibility index (Phi) is 5.98. The Morgan fingerprint density at radius 2 is 1.92 bits per heavy atom. The van der Waals surface area contributed by atoms with Crippen molar-refractivity contribution in [3.8, 4) is 5.69 Å². The van der Waals surface area contributed by atoms with E-state index in [2.05, 4.69) is 10.4 Å². The lowest BCUT2D eigenvalue weighted by molar-refractivity contribution is -0.146. The van der Waals surface area contributed by atoms with Crippen LogP contribution in [0.2, 0.25) is 10.0 Å². The van der Waals surface area contributed by atoms with E-state index in [1.54, 1.807) is 36.7 Å². The monoisotopic (exact) mass is 397 g/mol. The third-order valence-corrected chi connectivity index (χ3v) is 4.76. The molecule has 0 aliphatic rings. The van der Waals surface area contributed by atoms with E-state index in [4.69, 9.17) is 28.3 Å². The molecule has 2 rings (SSSR count). The Bertz CT molecular complexity index is 860. The summed E-state index contributed by atoms with van der Waals surface area (Å²) in [6, 6.07) is 5.12. The first-order valence-electron chi connectivity index (χ1n) is 8.03. The highest BCUT2D eigenvalue weighted by Gasteiger charge is 2.28. The number of aromatic nitrogens is 2. The molecule has 0 unspecified atom stereocenters. The Morgan fingerprint density at radius 1 is 1.27 bits per heavy atom. The van der Waals surface area contributed by atoms with Gasteiger partial charge in [-0.15, -0.1) is 0 Å². The summed E-state index contributed by atoms with van der Waals surface area (Å²) in [5.41, 5.74) is 1.93. The molecule has 1 heterocycles. The van der Waals surface area contributed by atoms with Crippen molar-refractivity contribution in [2.24, 2.45) is 5.41 Å². The van der Waals surface area contributed by atoms with Crippen molar-refractivity contribution < 1.29 is 14.7 Å². The molecule has 2 N–H and O–H groups in total. The predicted molar refractivity (Wildman–Crippen MR) is 101 cm³/mol. The first-order chi connectivity index (χ1) is 12.0. The van der Waals surface area contributed by atoms with Crippen LogP contribution in [0.4, 0.5) is 0 Å². The lowest BCUT2D eigenvalue weighted by Gasteiger charge is -2.19. The van der Waals surface area contributed by atoms with E-state index < -0.39 is 11.4 Å². The van der Waals surface area contributed by atoms with Gasteiger partial charge in [-0.3, -0.25) is 9.59 Å². The Morgan fingerprint density at radius 3 is 2.50 bits per heavy atom. The van der Waals surface area contributed by atoms with E-state index in [1.807, 2.05) is 13.8 Å². The van der Waals surface area contributed by atoms with Gasteiger partial charge in [-0.2, -0.15) is 5.10 Å². The fourth-order valence-electron chi connectivity index (χ4n) is 2.44. The molecule has 140 valence electrons. The average Bonchev–Trinajstić information content (AvgIpc) is 2.81. The van der Waals surface area contributed by atoms with Crippen LogP contribution in [-0.2, 0) is 16.0 Å². The third-order valence-electron chi connectivity index (χ3n) is 4.22. The van der Waals surface area contributed by atoms with Crippen LogP contribution in [0.3, 0.4) is 0 Å². The summed E-state index contributed by atoms with van der Waals surface area (Å²) in [6.07, 6.45) is 0.110. The van der Waals surface area contributed by atoms with Crippen molar-refractivity contribution in [2.75, 3.05) is 6.54 Å². The maximum absolute atomic E-state index is 12.3. The van der Waals surface area contributed by atoms with E-state index in [9.17, 15) is 9.59 Å². The molecule has 0 aliphatic heterocycles. The van der Waals surface area contributed by atoms with E-state index in [0.717, 1.165) is 11.3 Å². The number of aliphatic carboxylic acids is 1. The summed E-state index contributed by atoms with van der Waals surface area (Å²) >= 11 is 12.2. The number of carbonyl (C=O) groups is 2. The molecule has 2 aromatic rings. The topological polar surface area (TPSA) is 84.2 Å². The smallest absolute Gasteiger partial charge is 0.310 e. The molecule has 0 bridgehead atoms. The molecule has 1 amide bonds. The number of nitrogens with one attached hydrogen (secondary N) is 1. The van der Waals surface area contributed by atoms with Gasteiger partial charge in [0.1, 0.15) is 0 Å². The number of rotatable bonds is 6. The summed E-state index contributed by atoms with van der Waals surface area (Å²) in [5.74, 6) is -1.22. The number of carboxylic acid groups (broad SMARTS) is 1. The zero-order valence-corrected chi connectivity index (χ0v) is 16.6. The lowest BCUT2D eigenvalue weighted by atomic mass is 9.94. The van der Waals surface area contributed by atoms with Gasteiger partial charge in [0.25, 0.3) is 0 Å². The minimum atomic E-state index is -1.03. The van der Waals surface area contributed by atoms with Crippen LogP contribution < -0.4 is 5.32 Å². The number of amides is 1. The van der Waals surface area contributed by atoms with Crippen molar-refractivity contribution in [1.29, 1.82) is 0 Å². The fraction of sp³-hybridized carbons (Fsp3) is 0.389. The van der Waals surface area contributed by atoms with Crippen LogP contribution in [-0.4, -0.2) is 33.3 Å². The average molecular weight is 398 g/mol. The second kappa shape index (κ2) is 7.68. The van der Waals surface area contributed by atoms with Gasteiger partial charge < -0.3 is 10.4 Å². The number of halogens is 2. The molecule has 6 nitrogen and oxygen atoms in total. The second-order valence-corrected chi connectivity index (χ2v) is 7.64. The number of nitrogens with zero attached hydrogens (tertiary/aromatic N) is 2. The van der Waals surface area contributed by atoms with Crippen LogP contribution in [0, 0.1) is 19.3 Å². The number of hydrogen-bond donors (Lipinski definition) is 2. The molecule has 0 fully saturated rings. The predicted octanol–water partition coefficient (Wildman–Crippen LogP) is 3.57. The molecular weight excluding hydrogens is 377 g/mol. The molecule has 0 spiro atoms. The summed E-state index contributed by atoms with van der Waals surface area (Å²) in [6.45, 7) is 6.85. The molecule has 0 saturated heterocycles. The number of carbonyl (C=O) groups excluding carboxylic acids is 1. The summed E-state index contributed by atoms with van der Waals surface area (Å²) in [4.78, 5) is 23.4. The number of hydrogen-bond acceptors (Lipinski definition) is 3. The molecular formula is C18H21Cl2N3O3. The largest absolute Gasteiger partial charge is 0.481 e. The van der Waals surface area contributed by atoms with Crippen LogP contribution in [0.15, 0.2) is 18.2 Å². The maximum Gasteiger partial charge on any atom is 0.310 e. The van der Waals surface area contributed by atoms with Crippen molar-refractivity contribution in [3.05, 3.63) is 45.2 Å². The highest BCUT2D eigenvalue weighted by Crippen LogP contribution is 2.27. The molecule has 0 atom stereocenters. The van der Waals surface area contributed by atoms with Gasteiger partial charge in [0, 0.05) is 22.8 Å². The van der Waals surface area contributed by atoms with Crippen molar-refractivity contribution in [1.82, 2.24) is 15.1 Å². The zero-order valence-electron chi connectivity index (χ0n) is 15.1. The molecule has 1 aromatic heterocycles. The van der Waals surface area contributed by atoms with E-state index in [1.165, 1.54) is 0 Å². The lowest BCUT2D eigenvalue weighted by Crippen LogP contribution is -2.39. The van der Waals surface area contributed by atoms with E-state index >= 15 is 0 Å². The minimum absolute atomic E-state index is 0.0520. The van der Waals surface area contributed by atoms with Gasteiger partial charge >= 0.3 is 5.97 Å². The molecule has 0 radical (unpaired) electrons. The molecule has 1 aromatic carbocycles. The minimum Gasteiger partial charge on any atom is -0.481 e. The first-order valence-corrected chi connectivity index (χ1v) is 8.79. The van der Waals surface area contributed by atoms with Crippen molar-refractivity contribution >= 4 is 35.1 Å². The van der Waals surface area contributed by atoms with Crippen LogP contribution in [0.25, 0.3) is 5.69 Å². The first kappa shape index (κ1) is 20.3. The van der Waals surface area contributed by atoms with Crippen molar-refractivity contribution in [2.45, 2.75) is 34.1 Å². The Labute approximate surface area is 162 Å². The fourth-order valence-corrected chi connectivity index (χ4v) is 2.93. The van der Waals surface area contributed by atoms with Crippen LogP contribution in [0.1, 0.15) is 30.8 Å². The second-order valence-electron chi connectivity index (χ2n) is 6.80. The Hall–Kier alpha value is -2.05. The summed E-state index contributed by atoms with van der Waals surface area (Å²) < 4.78 is 1.68. The number of benzene rings is 1. The molecule has 0 aliphatic carbocycles. The van der Waals surface area contributed by atoms with Gasteiger partial charge in [0.15, 0.2) is 0 Å².